The van der Waals surface area contributed by atoms with Gasteiger partial charge in [0.1, 0.15) is 0 Å². The van der Waals surface area contributed by atoms with Gasteiger partial charge in [-0.2, -0.15) is 0 Å². The molecule has 0 saturated carbocycles. The molecule has 0 amide bonds. The standard InChI is InChI=1S/C12H18INO2S/c1-11-6-5-7-12(10-11)17(15,16)14-9-4-2-3-8-13/h5-7,10,14H,2-4,8-9H2,1H3. The van der Waals surface area contributed by atoms with Crippen LogP contribution in [0.5, 0.6) is 0 Å². The minimum Gasteiger partial charge on any atom is -0.211 e. The van der Waals surface area contributed by atoms with E-state index in [4.69, 9.17) is 0 Å². The predicted octanol–water partition coefficient (Wildman–Crippen LogP) is 2.88. The van der Waals surface area contributed by atoms with Crippen molar-refractivity contribution in [2.45, 2.75) is 31.1 Å². The number of aryl methyl sites for hydroxylation is 1. The molecule has 0 saturated heterocycles. The van der Waals surface area contributed by atoms with Crippen molar-refractivity contribution in [3.05, 3.63) is 29.8 Å². The first-order valence-electron chi connectivity index (χ1n) is 5.68. The van der Waals surface area contributed by atoms with Crippen LogP contribution in [0.2, 0.25) is 0 Å². The Morgan fingerprint density at radius 2 is 2.00 bits per heavy atom. The van der Waals surface area contributed by atoms with Gasteiger partial charge in [-0.25, -0.2) is 13.1 Å². The summed E-state index contributed by atoms with van der Waals surface area (Å²) in [5.74, 6) is 0. The first-order chi connectivity index (χ1) is 8.06. The number of hydrogen-bond donors (Lipinski definition) is 1. The Kier molecular flexibility index (Phi) is 6.43. The zero-order valence-electron chi connectivity index (χ0n) is 9.95. The van der Waals surface area contributed by atoms with Gasteiger partial charge in [-0.15, -0.1) is 0 Å². The number of sulfonamides is 1. The third kappa shape index (κ3) is 5.35. The van der Waals surface area contributed by atoms with Crippen LogP contribution < -0.4 is 4.72 Å². The quantitative estimate of drug-likeness (QED) is 0.458. The smallest absolute Gasteiger partial charge is 0.211 e. The molecule has 0 bridgehead atoms. The molecule has 1 rings (SSSR count). The van der Waals surface area contributed by atoms with E-state index in [2.05, 4.69) is 27.3 Å². The molecular formula is C12H18INO2S. The first-order valence-corrected chi connectivity index (χ1v) is 8.69. The molecule has 0 aliphatic heterocycles. The van der Waals surface area contributed by atoms with Crippen LogP contribution in [-0.4, -0.2) is 19.4 Å². The molecule has 0 heterocycles. The zero-order chi connectivity index (χ0) is 12.7. The fraction of sp³-hybridized carbons (Fsp3) is 0.500. The molecule has 1 aromatic carbocycles. The number of alkyl halides is 1. The van der Waals surface area contributed by atoms with Crippen molar-refractivity contribution >= 4 is 32.6 Å². The largest absolute Gasteiger partial charge is 0.240 e. The van der Waals surface area contributed by atoms with Crippen LogP contribution in [0, 0.1) is 6.92 Å². The van der Waals surface area contributed by atoms with Gasteiger partial charge in [-0.1, -0.05) is 41.1 Å². The maximum absolute atomic E-state index is 11.9. The summed E-state index contributed by atoms with van der Waals surface area (Å²) in [7, 11) is -3.32. The van der Waals surface area contributed by atoms with Crippen molar-refractivity contribution in [3.8, 4) is 0 Å². The van der Waals surface area contributed by atoms with Gasteiger partial charge < -0.3 is 0 Å². The Hall–Kier alpha value is -0.140. The highest BCUT2D eigenvalue weighted by Gasteiger charge is 2.12. The number of rotatable bonds is 7. The van der Waals surface area contributed by atoms with Gasteiger partial charge in [-0.3, -0.25) is 0 Å². The minimum absolute atomic E-state index is 0.353. The van der Waals surface area contributed by atoms with Gasteiger partial charge >= 0.3 is 0 Å². The Balaban J connectivity index is 2.51. The molecule has 1 aromatic rings. The van der Waals surface area contributed by atoms with E-state index < -0.39 is 10.0 Å². The first kappa shape index (κ1) is 14.9. The number of hydrogen-bond acceptors (Lipinski definition) is 2. The van der Waals surface area contributed by atoms with E-state index in [1.807, 2.05) is 13.0 Å². The molecule has 3 nitrogen and oxygen atoms in total. The molecule has 1 N–H and O–H groups in total. The lowest BCUT2D eigenvalue weighted by atomic mass is 10.2. The average molecular weight is 367 g/mol. The highest BCUT2D eigenvalue weighted by atomic mass is 127. The maximum atomic E-state index is 11.9. The van der Waals surface area contributed by atoms with Crippen molar-refractivity contribution in [3.63, 3.8) is 0 Å². The molecule has 0 fully saturated rings. The van der Waals surface area contributed by atoms with Gasteiger partial charge in [0.25, 0.3) is 0 Å². The lowest BCUT2D eigenvalue weighted by Gasteiger charge is -2.07. The summed E-state index contributed by atoms with van der Waals surface area (Å²) >= 11 is 2.33. The van der Waals surface area contributed by atoms with Crippen LogP contribution in [0.1, 0.15) is 24.8 Å². The van der Waals surface area contributed by atoms with E-state index in [1.165, 1.54) is 0 Å². The fourth-order valence-corrected chi connectivity index (χ4v) is 3.19. The number of unbranched alkanes of at least 4 members (excludes halogenated alkanes) is 2. The Labute approximate surface area is 117 Å². The minimum atomic E-state index is -3.32. The van der Waals surface area contributed by atoms with Crippen molar-refractivity contribution in [1.82, 2.24) is 4.72 Å². The summed E-state index contributed by atoms with van der Waals surface area (Å²) < 4.78 is 27.6. The highest BCUT2D eigenvalue weighted by molar-refractivity contribution is 14.1. The topological polar surface area (TPSA) is 46.2 Å². The summed E-state index contributed by atoms with van der Waals surface area (Å²) in [4.78, 5) is 0.353. The molecule has 0 spiro atoms. The maximum Gasteiger partial charge on any atom is 0.240 e. The van der Waals surface area contributed by atoms with E-state index >= 15 is 0 Å². The predicted molar refractivity (Wildman–Crippen MR) is 79.1 cm³/mol. The molecule has 0 unspecified atom stereocenters. The van der Waals surface area contributed by atoms with Crippen LogP contribution in [0.15, 0.2) is 29.2 Å². The second kappa shape index (κ2) is 7.33. The normalized spacial score (nSPS) is 11.6. The second-order valence-corrected chi connectivity index (χ2v) is 6.81. The van der Waals surface area contributed by atoms with Crippen molar-refractivity contribution in [1.29, 1.82) is 0 Å². The van der Waals surface area contributed by atoms with Crippen molar-refractivity contribution < 1.29 is 8.42 Å². The van der Waals surface area contributed by atoms with Crippen LogP contribution in [-0.2, 0) is 10.0 Å². The average Bonchev–Trinajstić information content (AvgIpc) is 2.29. The van der Waals surface area contributed by atoms with Crippen LogP contribution in [0.25, 0.3) is 0 Å². The molecule has 5 heteroatoms. The fourth-order valence-electron chi connectivity index (χ4n) is 1.47. The summed E-state index contributed by atoms with van der Waals surface area (Å²) in [5.41, 5.74) is 0.956. The monoisotopic (exact) mass is 367 g/mol. The highest BCUT2D eigenvalue weighted by Crippen LogP contribution is 2.10. The number of nitrogens with one attached hydrogen (secondary N) is 1. The molecule has 17 heavy (non-hydrogen) atoms. The summed E-state index contributed by atoms with van der Waals surface area (Å²) in [6.07, 6.45) is 3.11. The Morgan fingerprint density at radius 3 is 2.65 bits per heavy atom. The molecular weight excluding hydrogens is 349 g/mol. The van der Waals surface area contributed by atoms with E-state index in [-0.39, 0.29) is 0 Å². The van der Waals surface area contributed by atoms with Gasteiger partial charge in [0, 0.05) is 6.54 Å². The molecule has 0 aromatic heterocycles. The number of benzene rings is 1. The van der Waals surface area contributed by atoms with E-state index in [0.717, 1.165) is 29.3 Å². The van der Waals surface area contributed by atoms with E-state index in [9.17, 15) is 8.42 Å². The van der Waals surface area contributed by atoms with Crippen LogP contribution in [0.3, 0.4) is 0 Å². The van der Waals surface area contributed by atoms with Gasteiger partial charge in [0.05, 0.1) is 4.90 Å². The summed E-state index contributed by atoms with van der Waals surface area (Å²) in [5, 5.41) is 0. The SMILES string of the molecule is Cc1cccc(S(=O)(=O)NCCCCCI)c1. The lowest BCUT2D eigenvalue weighted by molar-refractivity contribution is 0.576. The second-order valence-electron chi connectivity index (χ2n) is 3.96. The summed E-state index contributed by atoms with van der Waals surface area (Å²) in [6.45, 7) is 2.41. The van der Waals surface area contributed by atoms with Gasteiger partial charge in [0.15, 0.2) is 0 Å². The number of halogens is 1. The third-order valence-electron chi connectivity index (χ3n) is 2.40. The molecule has 0 radical (unpaired) electrons. The Morgan fingerprint density at radius 1 is 1.24 bits per heavy atom. The molecule has 0 atom stereocenters. The van der Waals surface area contributed by atoms with Gasteiger partial charge in [-0.05, 0) is 41.9 Å². The van der Waals surface area contributed by atoms with E-state index in [1.54, 1.807) is 18.2 Å². The van der Waals surface area contributed by atoms with E-state index in [0.29, 0.717) is 11.4 Å². The van der Waals surface area contributed by atoms with Crippen molar-refractivity contribution in [2.24, 2.45) is 0 Å². The molecule has 0 aliphatic carbocycles. The third-order valence-corrected chi connectivity index (χ3v) is 4.62. The van der Waals surface area contributed by atoms with Crippen LogP contribution in [0.4, 0.5) is 0 Å². The van der Waals surface area contributed by atoms with Crippen molar-refractivity contribution in [2.75, 3.05) is 11.0 Å². The lowest BCUT2D eigenvalue weighted by Crippen LogP contribution is -2.24. The summed E-state index contributed by atoms with van der Waals surface area (Å²) in [6, 6.07) is 6.97. The Bertz CT molecular complexity index is 446. The van der Waals surface area contributed by atoms with Crippen LogP contribution >= 0.6 is 22.6 Å². The molecule has 96 valence electrons. The zero-order valence-corrected chi connectivity index (χ0v) is 12.9. The molecule has 0 aliphatic rings. The van der Waals surface area contributed by atoms with Gasteiger partial charge in [0.2, 0.25) is 10.0 Å².